The van der Waals surface area contributed by atoms with Gasteiger partial charge in [0.25, 0.3) is 11.8 Å². The van der Waals surface area contributed by atoms with E-state index in [2.05, 4.69) is 32.1 Å². The lowest BCUT2D eigenvalue weighted by Gasteiger charge is -2.07. The Kier molecular flexibility index (Phi) is 5.57. The number of rotatable bonds is 5. The number of amides is 2. The number of hydrogen-bond acceptors (Lipinski definition) is 6. The van der Waals surface area contributed by atoms with Crippen molar-refractivity contribution < 1.29 is 9.59 Å². The Morgan fingerprint density at radius 3 is 2.50 bits per heavy atom. The fourth-order valence-electron chi connectivity index (χ4n) is 3.19. The topological polar surface area (TPSA) is 99.8 Å². The number of benzene rings is 3. The first-order valence-electron chi connectivity index (χ1n) is 9.78. The summed E-state index contributed by atoms with van der Waals surface area (Å²) in [6.07, 6.45) is 0. The van der Waals surface area contributed by atoms with Gasteiger partial charge in [-0.2, -0.15) is 5.10 Å². The number of fused-ring (bicyclic) bond motifs is 2. The van der Waals surface area contributed by atoms with Gasteiger partial charge in [0.1, 0.15) is 0 Å². The molecule has 32 heavy (non-hydrogen) atoms. The second kappa shape index (κ2) is 8.81. The number of aromatic amines is 1. The summed E-state index contributed by atoms with van der Waals surface area (Å²) in [6.45, 7) is 0. The standard InChI is InChI=1S/C23H17N5O2S2/c29-21(27-28-22(30)20-16-5-1-2-6-17(16)25-26-20)15-11-9-14(10-12-15)13-31-23-24-18-7-3-4-8-19(18)32-23/h1-12H,13H2,(H,25,26)(H,27,29)(H,28,30). The van der Waals surface area contributed by atoms with E-state index in [1.165, 1.54) is 4.70 Å². The summed E-state index contributed by atoms with van der Waals surface area (Å²) in [5, 5.41) is 7.51. The number of para-hydroxylation sites is 2. The Hall–Kier alpha value is -3.69. The molecule has 2 heterocycles. The molecule has 0 aliphatic rings. The van der Waals surface area contributed by atoms with E-state index in [1.54, 1.807) is 41.3 Å². The van der Waals surface area contributed by atoms with Crippen LogP contribution in [0, 0.1) is 0 Å². The first-order chi connectivity index (χ1) is 15.7. The average Bonchev–Trinajstić information content (AvgIpc) is 3.45. The van der Waals surface area contributed by atoms with Gasteiger partial charge in [0.05, 0.1) is 15.7 Å². The van der Waals surface area contributed by atoms with Gasteiger partial charge in [-0.25, -0.2) is 4.98 Å². The number of hydrazine groups is 1. The number of nitrogens with zero attached hydrogens (tertiary/aromatic N) is 2. The van der Waals surface area contributed by atoms with Crippen molar-refractivity contribution in [1.82, 2.24) is 26.0 Å². The molecule has 0 aliphatic carbocycles. The summed E-state index contributed by atoms with van der Waals surface area (Å²) >= 11 is 3.34. The van der Waals surface area contributed by atoms with Crippen LogP contribution in [-0.4, -0.2) is 27.0 Å². The Balaban J connectivity index is 1.17. The summed E-state index contributed by atoms with van der Waals surface area (Å²) in [5.74, 6) is -0.131. The van der Waals surface area contributed by atoms with Crippen LogP contribution in [0.5, 0.6) is 0 Å². The molecule has 0 radical (unpaired) electrons. The summed E-state index contributed by atoms with van der Waals surface area (Å²) in [6, 6.07) is 22.6. The molecule has 7 nitrogen and oxygen atoms in total. The fraction of sp³-hybridized carbons (Fsp3) is 0.0435. The maximum atomic E-state index is 12.4. The van der Waals surface area contributed by atoms with Crippen molar-refractivity contribution >= 4 is 56.0 Å². The molecule has 3 aromatic carbocycles. The molecule has 0 fully saturated rings. The Morgan fingerprint density at radius 2 is 1.66 bits per heavy atom. The number of carbonyl (C=O) groups excluding carboxylic acids is 2. The highest BCUT2D eigenvalue weighted by Crippen LogP contribution is 2.31. The van der Waals surface area contributed by atoms with Gasteiger partial charge in [-0.3, -0.25) is 25.5 Å². The van der Waals surface area contributed by atoms with Gasteiger partial charge in [-0.15, -0.1) is 11.3 Å². The third-order valence-electron chi connectivity index (χ3n) is 4.83. The molecule has 0 unspecified atom stereocenters. The van der Waals surface area contributed by atoms with E-state index in [0.717, 1.165) is 26.7 Å². The molecule has 0 saturated carbocycles. The van der Waals surface area contributed by atoms with Crippen molar-refractivity contribution in [2.45, 2.75) is 10.1 Å². The van der Waals surface area contributed by atoms with Gasteiger partial charge in [-0.05, 0) is 35.9 Å². The van der Waals surface area contributed by atoms with E-state index >= 15 is 0 Å². The van der Waals surface area contributed by atoms with Crippen molar-refractivity contribution in [1.29, 1.82) is 0 Å². The van der Waals surface area contributed by atoms with Crippen LogP contribution in [0.3, 0.4) is 0 Å². The number of H-pyrrole nitrogens is 1. The number of thiazole rings is 1. The lowest BCUT2D eigenvalue weighted by molar-refractivity contribution is 0.0845. The minimum absolute atomic E-state index is 0.225. The van der Waals surface area contributed by atoms with Crippen molar-refractivity contribution in [3.8, 4) is 0 Å². The van der Waals surface area contributed by atoms with Crippen molar-refractivity contribution in [3.05, 3.63) is 89.6 Å². The third-order valence-corrected chi connectivity index (χ3v) is 7.08. The third kappa shape index (κ3) is 4.20. The summed E-state index contributed by atoms with van der Waals surface area (Å²) in [7, 11) is 0. The minimum atomic E-state index is -0.486. The second-order valence-corrected chi connectivity index (χ2v) is 9.21. The molecule has 0 aliphatic heterocycles. The molecule has 0 atom stereocenters. The zero-order chi connectivity index (χ0) is 21.9. The van der Waals surface area contributed by atoms with E-state index < -0.39 is 11.8 Å². The van der Waals surface area contributed by atoms with Gasteiger partial charge < -0.3 is 0 Å². The largest absolute Gasteiger partial charge is 0.290 e. The first-order valence-corrected chi connectivity index (χ1v) is 11.6. The molecule has 9 heteroatoms. The van der Waals surface area contributed by atoms with Crippen molar-refractivity contribution in [3.63, 3.8) is 0 Å². The van der Waals surface area contributed by atoms with Crippen LogP contribution < -0.4 is 10.9 Å². The Labute approximate surface area is 191 Å². The van der Waals surface area contributed by atoms with E-state index in [1.807, 2.05) is 48.5 Å². The van der Waals surface area contributed by atoms with Crippen LogP contribution in [0.4, 0.5) is 0 Å². The number of hydrogen-bond donors (Lipinski definition) is 3. The second-order valence-electron chi connectivity index (χ2n) is 6.96. The SMILES string of the molecule is O=C(NNC(=O)c1n[nH]c2ccccc12)c1ccc(CSc2nc3ccccc3s2)cc1. The fourth-order valence-corrected chi connectivity index (χ4v) is 5.22. The number of nitrogens with one attached hydrogen (secondary N) is 3. The Morgan fingerprint density at radius 1 is 0.906 bits per heavy atom. The van der Waals surface area contributed by atoms with Gasteiger partial charge in [0, 0.05) is 16.7 Å². The lowest BCUT2D eigenvalue weighted by Crippen LogP contribution is -2.41. The maximum Gasteiger partial charge on any atom is 0.290 e. The molecular weight excluding hydrogens is 442 g/mol. The molecule has 2 aromatic heterocycles. The van der Waals surface area contributed by atoms with Crippen molar-refractivity contribution in [2.75, 3.05) is 0 Å². The predicted octanol–water partition coefficient (Wildman–Crippen LogP) is 4.54. The van der Waals surface area contributed by atoms with E-state index in [0.29, 0.717) is 10.9 Å². The normalized spacial score (nSPS) is 11.0. The molecular formula is C23H17N5O2S2. The van der Waals surface area contributed by atoms with Gasteiger partial charge >= 0.3 is 0 Å². The van der Waals surface area contributed by atoms with E-state index in [9.17, 15) is 9.59 Å². The summed E-state index contributed by atoms with van der Waals surface area (Å²) in [5.41, 5.74) is 8.38. The van der Waals surface area contributed by atoms with Crippen LogP contribution >= 0.6 is 23.1 Å². The van der Waals surface area contributed by atoms with Crippen LogP contribution in [0.2, 0.25) is 0 Å². The van der Waals surface area contributed by atoms with E-state index in [4.69, 9.17) is 0 Å². The summed E-state index contributed by atoms with van der Waals surface area (Å²) < 4.78 is 2.19. The van der Waals surface area contributed by atoms with E-state index in [-0.39, 0.29) is 5.69 Å². The van der Waals surface area contributed by atoms with Crippen LogP contribution in [-0.2, 0) is 5.75 Å². The minimum Gasteiger partial charge on any atom is -0.277 e. The average molecular weight is 460 g/mol. The van der Waals surface area contributed by atoms with Gasteiger partial charge in [0.2, 0.25) is 0 Å². The molecule has 0 bridgehead atoms. The predicted molar refractivity (Wildman–Crippen MR) is 127 cm³/mol. The number of thioether (sulfide) groups is 1. The van der Waals surface area contributed by atoms with Crippen molar-refractivity contribution in [2.24, 2.45) is 0 Å². The monoisotopic (exact) mass is 459 g/mol. The molecule has 5 rings (SSSR count). The first kappa shape index (κ1) is 20.2. The van der Waals surface area contributed by atoms with Gasteiger partial charge in [0.15, 0.2) is 10.0 Å². The maximum absolute atomic E-state index is 12.4. The highest BCUT2D eigenvalue weighted by Gasteiger charge is 2.15. The Bertz CT molecular complexity index is 1390. The molecule has 3 N–H and O–H groups in total. The quantitative estimate of drug-likeness (QED) is 0.265. The zero-order valence-electron chi connectivity index (χ0n) is 16.7. The molecule has 5 aromatic rings. The number of carbonyl (C=O) groups is 2. The molecule has 158 valence electrons. The van der Waals surface area contributed by atoms with Crippen LogP contribution in [0.25, 0.3) is 21.1 Å². The van der Waals surface area contributed by atoms with Crippen LogP contribution in [0.15, 0.2) is 77.1 Å². The highest BCUT2D eigenvalue weighted by atomic mass is 32.2. The molecule has 2 amide bonds. The van der Waals surface area contributed by atoms with Gasteiger partial charge in [-0.1, -0.05) is 54.2 Å². The summed E-state index contributed by atoms with van der Waals surface area (Å²) in [4.78, 5) is 29.4. The zero-order valence-corrected chi connectivity index (χ0v) is 18.3. The molecule has 0 saturated heterocycles. The smallest absolute Gasteiger partial charge is 0.277 e. The highest BCUT2D eigenvalue weighted by molar-refractivity contribution is 8.00. The van der Waals surface area contributed by atoms with Crippen LogP contribution in [0.1, 0.15) is 26.4 Å². The number of aromatic nitrogens is 3. The molecule has 0 spiro atoms. The lowest BCUT2D eigenvalue weighted by atomic mass is 10.1.